The highest BCUT2D eigenvalue weighted by molar-refractivity contribution is 8.93. The van der Waals surface area contributed by atoms with Crippen molar-refractivity contribution in [1.82, 2.24) is 5.32 Å². The molecule has 2 rings (SSSR count). The normalized spacial score (nSPS) is 19.1. The molecule has 1 aliphatic rings. The molecule has 3 nitrogen and oxygen atoms in total. The number of nitrogens with two attached hydrogens (primary N) is 1. The summed E-state index contributed by atoms with van der Waals surface area (Å²) in [6.45, 7) is 0.579. The first-order valence-corrected chi connectivity index (χ1v) is 4.94. The number of nitrogens with zero attached hydrogens (tertiary/aromatic N) is 1. The van der Waals surface area contributed by atoms with Crippen LogP contribution in [0.15, 0.2) is 23.2 Å². The third-order valence-electron chi connectivity index (χ3n) is 2.11. The lowest BCUT2D eigenvalue weighted by Gasteiger charge is -2.14. The fourth-order valence-corrected chi connectivity index (χ4v) is 2.13. The lowest BCUT2D eigenvalue weighted by Crippen LogP contribution is -2.29. The monoisotopic (exact) mass is 309 g/mol. The molecule has 0 aromatic heterocycles. The van der Waals surface area contributed by atoms with Crippen LogP contribution in [0.25, 0.3) is 0 Å². The van der Waals surface area contributed by atoms with E-state index in [1.807, 2.05) is 6.07 Å². The lowest BCUT2D eigenvalue weighted by molar-refractivity contribution is 0.708. The van der Waals surface area contributed by atoms with Crippen molar-refractivity contribution in [2.75, 3.05) is 6.54 Å². The molecule has 3 N–H and O–H groups in total. The second-order valence-corrected chi connectivity index (χ2v) is 3.87. The topological polar surface area (TPSA) is 50.4 Å². The molecule has 0 spiro atoms. The highest BCUT2D eigenvalue weighted by Crippen LogP contribution is 2.31. The largest absolute Gasteiger partial charge is 0.370 e. The van der Waals surface area contributed by atoms with Crippen molar-refractivity contribution < 1.29 is 0 Å². The summed E-state index contributed by atoms with van der Waals surface area (Å²) in [7, 11) is 0. The van der Waals surface area contributed by atoms with Crippen molar-refractivity contribution >= 4 is 46.1 Å². The lowest BCUT2D eigenvalue weighted by atomic mass is 10.1. The molecule has 0 saturated heterocycles. The van der Waals surface area contributed by atoms with Gasteiger partial charge in [-0.3, -0.25) is 4.99 Å². The zero-order valence-corrected chi connectivity index (χ0v) is 10.9. The fraction of sp³-hybridized carbons (Fsp3) is 0.222. The Hall–Kier alpha value is -0.450. The van der Waals surface area contributed by atoms with Crippen LogP contribution >= 0.6 is 40.2 Å². The van der Waals surface area contributed by atoms with Crippen LogP contribution in [0.4, 0.5) is 0 Å². The number of hydrogen-bond acceptors (Lipinski definition) is 3. The molecule has 1 aromatic rings. The van der Waals surface area contributed by atoms with Gasteiger partial charge in [-0.15, -0.1) is 17.0 Å². The number of aliphatic imine (C=N–C) groups is 1. The molecule has 15 heavy (non-hydrogen) atoms. The molecule has 0 fully saturated rings. The zero-order chi connectivity index (χ0) is 10.1. The second kappa shape index (κ2) is 5.05. The maximum absolute atomic E-state index is 6.04. The molecular weight excluding hydrogens is 301 g/mol. The maximum atomic E-state index is 6.04. The summed E-state index contributed by atoms with van der Waals surface area (Å²) in [5.74, 6) is 0.436. The Morgan fingerprint density at radius 2 is 1.93 bits per heavy atom. The molecule has 0 amide bonds. The van der Waals surface area contributed by atoms with Gasteiger partial charge in [-0.05, 0) is 12.1 Å². The van der Waals surface area contributed by atoms with E-state index in [1.165, 1.54) is 0 Å². The van der Waals surface area contributed by atoms with Gasteiger partial charge in [0.1, 0.15) is 0 Å². The third-order valence-corrected chi connectivity index (χ3v) is 2.77. The van der Waals surface area contributed by atoms with Crippen molar-refractivity contribution in [3.63, 3.8) is 0 Å². The Labute approximate surface area is 108 Å². The summed E-state index contributed by atoms with van der Waals surface area (Å²) in [4.78, 5) is 4.04. The van der Waals surface area contributed by atoms with E-state index in [1.54, 1.807) is 12.1 Å². The van der Waals surface area contributed by atoms with E-state index in [0.717, 1.165) is 5.56 Å². The molecule has 82 valence electrons. The number of guanidine groups is 1. The predicted molar refractivity (Wildman–Crippen MR) is 69.2 cm³/mol. The standard InChI is InChI=1S/C9H9Cl2N3.BrH/c10-5-2-1-3-6(11)8(5)7-4-13-9(12)14-7;/h1-3,7H,4H2,(H3,12,13,14);1H. The summed E-state index contributed by atoms with van der Waals surface area (Å²) >= 11 is 12.1. The first kappa shape index (κ1) is 12.6. The maximum Gasteiger partial charge on any atom is 0.189 e. The minimum absolute atomic E-state index is 0. The third kappa shape index (κ3) is 2.56. The summed E-state index contributed by atoms with van der Waals surface area (Å²) in [5.41, 5.74) is 6.38. The van der Waals surface area contributed by atoms with Gasteiger partial charge in [-0.2, -0.15) is 0 Å². The fourth-order valence-electron chi connectivity index (χ4n) is 1.47. The van der Waals surface area contributed by atoms with Crippen LogP contribution in [-0.4, -0.2) is 12.5 Å². The van der Waals surface area contributed by atoms with Gasteiger partial charge in [0, 0.05) is 15.6 Å². The second-order valence-electron chi connectivity index (χ2n) is 3.06. The van der Waals surface area contributed by atoms with Gasteiger partial charge < -0.3 is 11.1 Å². The van der Waals surface area contributed by atoms with E-state index in [4.69, 9.17) is 28.9 Å². The van der Waals surface area contributed by atoms with Crippen molar-refractivity contribution in [3.8, 4) is 0 Å². The molecule has 6 heteroatoms. The Balaban J connectivity index is 0.00000112. The van der Waals surface area contributed by atoms with Gasteiger partial charge in [0.25, 0.3) is 0 Å². The number of nitrogens with one attached hydrogen (secondary N) is 1. The van der Waals surface area contributed by atoms with Crippen LogP contribution in [-0.2, 0) is 0 Å². The van der Waals surface area contributed by atoms with Crippen molar-refractivity contribution in [3.05, 3.63) is 33.8 Å². The summed E-state index contributed by atoms with van der Waals surface area (Å²) in [6.07, 6.45) is 0. The predicted octanol–water partition coefficient (Wildman–Crippen LogP) is 2.53. The smallest absolute Gasteiger partial charge is 0.189 e. The quantitative estimate of drug-likeness (QED) is 0.837. The van der Waals surface area contributed by atoms with Crippen LogP contribution in [0.1, 0.15) is 11.6 Å². The van der Waals surface area contributed by atoms with E-state index in [0.29, 0.717) is 22.5 Å². The molecular formula is C9H10BrCl2N3. The van der Waals surface area contributed by atoms with E-state index in [-0.39, 0.29) is 23.0 Å². The highest BCUT2D eigenvalue weighted by atomic mass is 79.9. The van der Waals surface area contributed by atoms with Crippen molar-refractivity contribution in [1.29, 1.82) is 0 Å². The zero-order valence-electron chi connectivity index (χ0n) is 7.71. The van der Waals surface area contributed by atoms with Gasteiger partial charge in [0.2, 0.25) is 0 Å². The van der Waals surface area contributed by atoms with E-state index >= 15 is 0 Å². The van der Waals surface area contributed by atoms with E-state index in [2.05, 4.69) is 10.3 Å². The van der Waals surface area contributed by atoms with E-state index in [9.17, 15) is 0 Å². The van der Waals surface area contributed by atoms with Crippen LogP contribution < -0.4 is 11.1 Å². The van der Waals surface area contributed by atoms with Gasteiger partial charge in [0.15, 0.2) is 5.96 Å². The summed E-state index contributed by atoms with van der Waals surface area (Å²) in [6, 6.07) is 5.42. The molecule has 1 aliphatic heterocycles. The molecule has 0 saturated carbocycles. The van der Waals surface area contributed by atoms with Gasteiger partial charge in [0.05, 0.1) is 12.6 Å². The molecule has 1 atom stereocenters. The van der Waals surface area contributed by atoms with E-state index < -0.39 is 0 Å². The van der Waals surface area contributed by atoms with Gasteiger partial charge in [-0.1, -0.05) is 29.3 Å². The summed E-state index contributed by atoms with van der Waals surface area (Å²) in [5, 5.41) is 4.29. The summed E-state index contributed by atoms with van der Waals surface area (Å²) < 4.78 is 0. The number of rotatable bonds is 1. The Morgan fingerprint density at radius 1 is 1.33 bits per heavy atom. The minimum Gasteiger partial charge on any atom is -0.370 e. The molecule has 0 bridgehead atoms. The Bertz CT molecular complexity index is 375. The molecule has 1 heterocycles. The van der Waals surface area contributed by atoms with Gasteiger partial charge in [-0.25, -0.2) is 0 Å². The molecule has 0 radical (unpaired) electrons. The molecule has 0 aliphatic carbocycles. The van der Waals surface area contributed by atoms with Crippen LogP contribution in [0, 0.1) is 0 Å². The highest BCUT2D eigenvalue weighted by Gasteiger charge is 2.21. The average molecular weight is 311 g/mol. The number of halogens is 3. The van der Waals surface area contributed by atoms with Gasteiger partial charge >= 0.3 is 0 Å². The SMILES string of the molecule is Br.NC1=NCC(c2c(Cl)cccc2Cl)N1. The first-order chi connectivity index (χ1) is 6.68. The molecule has 1 aromatic carbocycles. The number of benzene rings is 1. The van der Waals surface area contributed by atoms with Crippen molar-refractivity contribution in [2.24, 2.45) is 10.7 Å². The minimum atomic E-state index is -0.00352. The first-order valence-electron chi connectivity index (χ1n) is 4.19. The Morgan fingerprint density at radius 3 is 2.40 bits per heavy atom. The Kier molecular flexibility index (Phi) is 4.25. The number of hydrogen-bond donors (Lipinski definition) is 2. The van der Waals surface area contributed by atoms with Crippen LogP contribution in [0.2, 0.25) is 10.0 Å². The van der Waals surface area contributed by atoms with Crippen molar-refractivity contribution in [2.45, 2.75) is 6.04 Å². The van der Waals surface area contributed by atoms with Crippen LogP contribution in [0.5, 0.6) is 0 Å². The average Bonchev–Trinajstić information content (AvgIpc) is 2.51. The molecule has 1 unspecified atom stereocenters. The van der Waals surface area contributed by atoms with Crippen LogP contribution in [0.3, 0.4) is 0 Å².